The first kappa shape index (κ1) is 13.4. The van der Waals surface area contributed by atoms with Gasteiger partial charge in [-0.05, 0) is 50.5 Å². The molecule has 0 atom stereocenters. The van der Waals surface area contributed by atoms with Crippen LogP contribution >= 0.6 is 0 Å². The molecule has 5 heteroatoms. The highest BCUT2D eigenvalue weighted by Crippen LogP contribution is 2.27. The molecule has 1 aromatic carbocycles. The van der Waals surface area contributed by atoms with Crippen molar-refractivity contribution in [1.82, 2.24) is 4.90 Å². The van der Waals surface area contributed by atoms with Crippen LogP contribution in [0.4, 0.5) is 10.5 Å². The van der Waals surface area contributed by atoms with Gasteiger partial charge in [-0.25, -0.2) is 9.59 Å². The third kappa shape index (κ3) is 3.05. The molecule has 0 bridgehead atoms. The Bertz CT molecular complexity index is 509. The Morgan fingerprint density at radius 2 is 2.11 bits per heavy atom. The van der Waals surface area contributed by atoms with Crippen LogP contribution in [0.3, 0.4) is 0 Å². The Hall–Kier alpha value is -2.04. The van der Waals surface area contributed by atoms with E-state index in [2.05, 4.69) is 5.32 Å². The molecule has 1 aliphatic rings. The largest absolute Gasteiger partial charge is 0.478 e. The maximum absolute atomic E-state index is 12.1. The number of carboxylic acids is 1. The molecule has 2 rings (SSSR count). The Kier molecular flexibility index (Phi) is 3.74. The summed E-state index contributed by atoms with van der Waals surface area (Å²) in [5.74, 6) is -0.964. The van der Waals surface area contributed by atoms with Crippen LogP contribution in [0, 0.1) is 6.92 Å². The second-order valence-electron chi connectivity index (χ2n) is 4.78. The number of nitrogens with zero attached hydrogens (tertiary/aromatic N) is 1. The van der Waals surface area contributed by atoms with Crippen LogP contribution in [0.5, 0.6) is 0 Å². The van der Waals surface area contributed by atoms with Crippen LogP contribution in [0.15, 0.2) is 18.2 Å². The van der Waals surface area contributed by atoms with Gasteiger partial charge in [-0.1, -0.05) is 0 Å². The fourth-order valence-corrected chi connectivity index (χ4v) is 2.08. The minimum atomic E-state index is -0.964. The number of aryl methyl sites for hydroxylation is 1. The number of carboxylic acid groups (broad SMARTS) is 1. The van der Waals surface area contributed by atoms with E-state index in [4.69, 9.17) is 5.11 Å². The van der Waals surface area contributed by atoms with Crippen molar-refractivity contribution in [2.75, 3.05) is 11.9 Å². The van der Waals surface area contributed by atoms with Gasteiger partial charge in [0, 0.05) is 18.3 Å². The summed E-state index contributed by atoms with van der Waals surface area (Å²) in [5, 5.41) is 11.7. The Labute approximate surface area is 112 Å². The fourth-order valence-electron chi connectivity index (χ4n) is 2.08. The lowest BCUT2D eigenvalue weighted by molar-refractivity contribution is 0.0697. The summed E-state index contributed by atoms with van der Waals surface area (Å²) in [4.78, 5) is 24.7. The molecule has 5 nitrogen and oxygen atoms in total. The first-order valence-corrected chi connectivity index (χ1v) is 6.44. The van der Waals surface area contributed by atoms with Gasteiger partial charge in [0.25, 0.3) is 0 Å². The predicted molar refractivity (Wildman–Crippen MR) is 72.6 cm³/mol. The van der Waals surface area contributed by atoms with Gasteiger partial charge < -0.3 is 15.3 Å². The number of benzene rings is 1. The lowest BCUT2D eigenvalue weighted by atomic mass is 10.1. The number of hydrogen-bond acceptors (Lipinski definition) is 2. The summed E-state index contributed by atoms with van der Waals surface area (Å²) in [7, 11) is 0. The molecule has 2 N–H and O–H groups in total. The molecule has 102 valence electrons. The van der Waals surface area contributed by atoms with E-state index in [0.717, 1.165) is 18.4 Å². The minimum absolute atomic E-state index is 0.115. The van der Waals surface area contributed by atoms with Crippen molar-refractivity contribution in [3.05, 3.63) is 29.3 Å². The third-order valence-corrected chi connectivity index (χ3v) is 3.30. The van der Waals surface area contributed by atoms with Crippen molar-refractivity contribution in [3.63, 3.8) is 0 Å². The van der Waals surface area contributed by atoms with Gasteiger partial charge in [-0.15, -0.1) is 0 Å². The maximum Gasteiger partial charge on any atom is 0.335 e. The monoisotopic (exact) mass is 262 g/mol. The summed E-state index contributed by atoms with van der Waals surface area (Å²) in [6.45, 7) is 4.43. The van der Waals surface area contributed by atoms with Gasteiger partial charge in [-0.2, -0.15) is 0 Å². The van der Waals surface area contributed by atoms with Crippen molar-refractivity contribution in [2.45, 2.75) is 32.7 Å². The molecule has 0 unspecified atom stereocenters. The molecule has 2 amide bonds. The molecule has 1 saturated carbocycles. The number of carbonyl (C=O) groups is 2. The zero-order valence-corrected chi connectivity index (χ0v) is 11.1. The number of aromatic carboxylic acids is 1. The van der Waals surface area contributed by atoms with E-state index in [9.17, 15) is 9.59 Å². The van der Waals surface area contributed by atoms with Gasteiger partial charge >= 0.3 is 12.0 Å². The first-order chi connectivity index (χ1) is 9.02. The smallest absolute Gasteiger partial charge is 0.335 e. The molecule has 0 saturated heterocycles. The molecule has 19 heavy (non-hydrogen) atoms. The average Bonchev–Trinajstić information content (AvgIpc) is 3.17. The van der Waals surface area contributed by atoms with Crippen LogP contribution in [0.2, 0.25) is 0 Å². The Balaban J connectivity index is 2.10. The van der Waals surface area contributed by atoms with E-state index < -0.39 is 5.97 Å². The summed E-state index contributed by atoms with van der Waals surface area (Å²) in [6, 6.07) is 4.95. The molecule has 0 aromatic heterocycles. The predicted octanol–water partition coefficient (Wildman–Crippen LogP) is 2.71. The standard InChI is InChI=1S/C14H18N2O3/c1-3-16(11-5-6-11)14(19)15-12-7-4-10(13(17)18)8-9(12)2/h4,7-8,11H,3,5-6H2,1-2H3,(H,15,19)(H,17,18). The zero-order chi connectivity index (χ0) is 14.0. The van der Waals surface area contributed by atoms with Gasteiger partial charge in [0.2, 0.25) is 0 Å². The Morgan fingerprint density at radius 3 is 2.58 bits per heavy atom. The molecule has 1 aromatic rings. The number of anilines is 1. The van der Waals surface area contributed by atoms with Crippen LogP contribution < -0.4 is 5.32 Å². The molecular formula is C14H18N2O3. The molecular weight excluding hydrogens is 244 g/mol. The second-order valence-corrected chi connectivity index (χ2v) is 4.78. The van der Waals surface area contributed by atoms with Crippen LogP contribution in [-0.4, -0.2) is 34.6 Å². The summed E-state index contributed by atoms with van der Waals surface area (Å²) in [6.07, 6.45) is 2.14. The highest BCUT2D eigenvalue weighted by atomic mass is 16.4. The molecule has 0 spiro atoms. The number of carbonyl (C=O) groups excluding carboxylic acids is 1. The van der Waals surface area contributed by atoms with Gasteiger partial charge in [0.05, 0.1) is 5.56 Å². The number of nitrogens with one attached hydrogen (secondary N) is 1. The third-order valence-electron chi connectivity index (χ3n) is 3.30. The highest BCUT2D eigenvalue weighted by molar-refractivity contribution is 5.93. The van der Waals surface area contributed by atoms with Gasteiger partial charge in [0.15, 0.2) is 0 Å². The van der Waals surface area contributed by atoms with Crippen molar-refractivity contribution < 1.29 is 14.7 Å². The Morgan fingerprint density at radius 1 is 1.42 bits per heavy atom. The normalized spacial score (nSPS) is 14.0. The SMILES string of the molecule is CCN(C(=O)Nc1ccc(C(=O)O)cc1C)C1CC1. The number of rotatable bonds is 4. The quantitative estimate of drug-likeness (QED) is 0.876. The van der Waals surface area contributed by atoms with Crippen molar-refractivity contribution in [2.24, 2.45) is 0 Å². The van der Waals surface area contributed by atoms with E-state index in [1.54, 1.807) is 19.1 Å². The van der Waals surface area contributed by atoms with E-state index in [1.807, 2.05) is 11.8 Å². The van der Waals surface area contributed by atoms with Crippen LogP contribution in [0.1, 0.15) is 35.7 Å². The maximum atomic E-state index is 12.1. The molecule has 1 fully saturated rings. The van der Waals surface area contributed by atoms with Gasteiger partial charge in [0.1, 0.15) is 0 Å². The van der Waals surface area contributed by atoms with Crippen molar-refractivity contribution >= 4 is 17.7 Å². The lowest BCUT2D eigenvalue weighted by Gasteiger charge is -2.21. The molecule has 1 aliphatic carbocycles. The molecule has 0 aliphatic heterocycles. The van der Waals surface area contributed by atoms with E-state index >= 15 is 0 Å². The number of hydrogen-bond donors (Lipinski definition) is 2. The molecule has 0 radical (unpaired) electrons. The zero-order valence-electron chi connectivity index (χ0n) is 11.1. The summed E-state index contributed by atoms with van der Waals surface area (Å²) < 4.78 is 0. The first-order valence-electron chi connectivity index (χ1n) is 6.44. The van der Waals surface area contributed by atoms with Crippen LogP contribution in [0.25, 0.3) is 0 Å². The lowest BCUT2D eigenvalue weighted by Crippen LogP contribution is -2.36. The fraction of sp³-hybridized carbons (Fsp3) is 0.429. The van der Waals surface area contributed by atoms with Crippen molar-refractivity contribution in [3.8, 4) is 0 Å². The summed E-state index contributed by atoms with van der Waals surface area (Å²) in [5.41, 5.74) is 1.64. The minimum Gasteiger partial charge on any atom is -0.478 e. The highest BCUT2D eigenvalue weighted by Gasteiger charge is 2.31. The van der Waals surface area contributed by atoms with E-state index in [1.165, 1.54) is 6.07 Å². The average molecular weight is 262 g/mol. The number of amides is 2. The summed E-state index contributed by atoms with van der Waals surface area (Å²) >= 11 is 0. The van der Waals surface area contributed by atoms with Gasteiger partial charge in [-0.3, -0.25) is 0 Å². The molecule has 0 heterocycles. The second kappa shape index (κ2) is 5.30. The van der Waals surface area contributed by atoms with E-state index in [0.29, 0.717) is 18.3 Å². The topological polar surface area (TPSA) is 69.6 Å². The number of urea groups is 1. The van der Waals surface area contributed by atoms with E-state index in [-0.39, 0.29) is 11.6 Å². The van der Waals surface area contributed by atoms with Crippen molar-refractivity contribution in [1.29, 1.82) is 0 Å². The van der Waals surface area contributed by atoms with Crippen LogP contribution in [-0.2, 0) is 0 Å².